The summed E-state index contributed by atoms with van der Waals surface area (Å²) in [7, 11) is -3.74. The van der Waals surface area contributed by atoms with E-state index in [1.807, 2.05) is 10.9 Å². The Morgan fingerprint density at radius 2 is 1.76 bits per heavy atom. The van der Waals surface area contributed by atoms with E-state index in [1.165, 1.54) is 31.4 Å². The van der Waals surface area contributed by atoms with E-state index in [4.69, 9.17) is 10.1 Å². The fourth-order valence-corrected chi connectivity index (χ4v) is 5.85. The van der Waals surface area contributed by atoms with E-state index in [0.717, 1.165) is 54.5 Å². The smallest absolute Gasteiger partial charge is 0.240 e. The summed E-state index contributed by atoms with van der Waals surface area (Å²) in [5, 5.41) is 9.15. The first-order valence-electron chi connectivity index (χ1n) is 13.3. The number of fused-ring (bicyclic) bond motifs is 1. The molecule has 0 unspecified atom stereocenters. The molecule has 0 saturated heterocycles. The van der Waals surface area contributed by atoms with Crippen molar-refractivity contribution >= 4 is 27.0 Å². The minimum Gasteiger partial charge on any atom is -0.354 e. The summed E-state index contributed by atoms with van der Waals surface area (Å²) in [5.74, 6) is 0.239. The Morgan fingerprint density at radius 3 is 2.47 bits per heavy atom. The van der Waals surface area contributed by atoms with Crippen LogP contribution in [-0.4, -0.2) is 34.7 Å². The van der Waals surface area contributed by atoms with Gasteiger partial charge in [0.05, 0.1) is 16.3 Å². The molecule has 2 N–H and O–H groups in total. The third kappa shape index (κ3) is 5.86. The molecule has 0 radical (unpaired) electrons. The number of aromatic nitrogens is 4. The highest BCUT2D eigenvalue weighted by atomic mass is 32.2. The molecule has 2 aromatic heterocycles. The molecule has 1 aliphatic rings. The maximum Gasteiger partial charge on any atom is 0.240 e. The van der Waals surface area contributed by atoms with Crippen molar-refractivity contribution in [2.45, 2.75) is 69.4 Å². The van der Waals surface area contributed by atoms with Crippen molar-refractivity contribution in [2.75, 3.05) is 11.9 Å². The van der Waals surface area contributed by atoms with Crippen LogP contribution in [0.15, 0.2) is 59.6 Å². The average Bonchev–Trinajstić information content (AvgIpc) is 3.32. The largest absolute Gasteiger partial charge is 0.354 e. The van der Waals surface area contributed by atoms with Crippen molar-refractivity contribution in [3.8, 4) is 11.3 Å². The van der Waals surface area contributed by atoms with Gasteiger partial charge in [0.15, 0.2) is 5.65 Å². The Balaban J connectivity index is 1.42. The van der Waals surface area contributed by atoms with E-state index in [1.54, 1.807) is 36.4 Å². The van der Waals surface area contributed by atoms with Gasteiger partial charge in [0.2, 0.25) is 16.0 Å². The summed E-state index contributed by atoms with van der Waals surface area (Å²) in [4.78, 5) is 9.52. The van der Waals surface area contributed by atoms with E-state index >= 15 is 0 Å². The van der Waals surface area contributed by atoms with Crippen LogP contribution in [0, 0.1) is 5.82 Å². The van der Waals surface area contributed by atoms with Crippen molar-refractivity contribution in [3.05, 3.63) is 66.1 Å². The van der Waals surface area contributed by atoms with Crippen molar-refractivity contribution in [2.24, 2.45) is 0 Å². The Kier molecular flexibility index (Phi) is 7.99. The lowest BCUT2D eigenvalue weighted by molar-refractivity contribution is 0.336. The minimum absolute atomic E-state index is 0.0762. The highest BCUT2D eigenvalue weighted by Crippen LogP contribution is 2.34. The normalized spacial score (nSPS) is 14.7. The number of hydrogen-bond acceptors (Lipinski definition) is 6. The topological polar surface area (TPSA) is 102 Å². The van der Waals surface area contributed by atoms with Gasteiger partial charge < -0.3 is 5.32 Å². The molecular weight excluding hydrogens is 503 g/mol. The molecule has 200 valence electrons. The molecule has 5 rings (SSSR count). The Hall–Kier alpha value is -3.37. The average molecular weight is 537 g/mol. The number of nitrogens with zero attached hydrogens (tertiary/aromatic N) is 4. The molecule has 1 aliphatic carbocycles. The summed E-state index contributed by atoms with van der Waals surface area (Å²) in [5.41, 5.74) is 3.03. The number of sulfonamides is 1. The van der Waals surface area contributed by atoms with Gasteiger partial charge in [-0.25, -0.2) is 27.2 Å². The molecule has 0 bridgehead atoms. The molecule has 10 heteroatoms. The van der Waals surface area contributed by atoms with E-state index in [9.17, 15) is 12.8 Å². The Morgan fingerprint density at radius 1 is 1.03 bits per heavy atom. The third-order valence-corrected chi connectivity index (χ3v) is 8.42. The van der Waals surface area contributed by atoms with Crippen LogP contribution in [0.4, 0.5) is 10.3 Å². The molecule has 0 atom stereocenters. The monoisotopic (exact) mass is 536 g/mol. The van der Waals surface area contributed by atoms with Crippen LogP contribution < -0.4 is 10.0 Å². The molecule has 4 aromatic rings. The minimum atomic E-state index is -3.74. The van der Waals surface area contributed by atoms with E-state index in [0.29, 0.717) is 11.5 Å². The van der Waals surface area contributed by atoms with Crippen LogP contribution >= 0.6 is 0 Å². The van der Waals surface area contributed by atoms with E-state index in [2.05, 4.69) is 21.9 Å². The van der Waals surface area contributed by atoms with Gasteiger partial charge in [0.25, 0.3) is 0 Å². The summed E-state index contributed by atoms with van der Waals surface area (Å²) < 4.78 is 43.5. The number of anilines is 1. The van der Waals surface area contributed by atoms with Crippen LogP contribution in [0.3, 0.4) is 0 Å². The van der Waals surface area contributed by atoms with E-state index < -0.39 is 10.0 Å². The van der Waals surface area contributed by atoms with Crippen LogP contribution in [0.25, 0.3) is 22.3 Å². The fraction of sp³-hybridized carbons (Fsp3) is 0.393. The lowest BCUT2D eigenvalue weighted by Crippen LogP contribution is -2.23. The lowest BCUT2D eigenvalue weighted by atomic mass is 9.96. The van der Waals surface area contributed by atoms with Crippen molar-refractivity contribution in [1.29, 1.82) is 0 Å². The Labute approximate surface area is 222 Å². The standard InChI is InChI=1S/C28H33FN6O2S/c1-2-3-17-30-28-31-19-25-26(34-35(27(25)33-28)23-7-5-4-6-8-23)21-11-15-24(16-12-21)38(36,37)32-18-20-9-13-22(29)14-10-20/h9-16,19,23,32H,2-8,17-18H2,1H3,(H,30,31,33). The van der Waals surface area contributed by atoms with Gasteiger partial charge in [0.1, 0.15) is 11.5 Å². The molecular formula is C28H33FN6O2S. The number of rotatable bonds is 10. The molecule has 38 heavy (non-hydrogen) atoms. The summed E-state index contributed by atoms with van der Waals surface area (Å²) >= 11 is 0. The van der Waals surface area contributed by atoms with Gasteiger partial charge in [-0.3, -0.25) is 0 Å². The number of unbranched alkanes of at least 4 members (excludes halogenated alkanes) is 1. The van der Waals surface area contributed by atoms with Crippen LogP contribution in [0.1, 0.15) is 63.5 Å². The first-order chi connectivity index (χ1) is 18.4. The molecule has 0 amide bonds. The first kappa shape index (κ1) is 26.2. The van der Waals surface area contributed by atoms with Crippen molar-refractivity contribution in [1.82, 2.24) is 24.5 Å². The summed E-state index contributed by atoms with van der Waals surface area (Å²) in [6.07, 6.45) is 9.66. The van der Waals surface area contributed by atoms with Gasteiger partial charge in [-0.2, -0.15) is 10.1 Å². The van der Waals surface area contributed by atoms with E-state index in [-0.39, 0.29) is 23.3 Å². The van der Waals surface area contributed by atoms with Crippen molar-refractivity contribution < 1.29 is 12.8 Å². The molecule has 8 nitrogen and oxygen atoms in total. The zero-order valence-corrected chi connectivity index (χ0v) is 22.3. The third-order valence-electron chi connectivity index (χ3n) is 7.00. The van der Waals surface area contributed by atoms with Crippen LogP contribution in [-0.2, 0) is 16.6 Å². The molecule has 1 fully saturated rings. The summed E-state index contributed by atoms with van der Waals surface area (Å²) in [6.45, 7) is 3.04. The van der Waals surface area contributed by atoms with Gasteiger partial charge in [-0.15, -0.1) is 0 Å². The number of halogens is 1. The highest BCUT2D eigenvalue weighted by molar-refractivity contribution is 7.89. The quantitative estimate of drug-likeness (QED) is 0.247. The number of hydrogen-bond donors (Lipinski definition) is 2. The second-order valence-corrected chi connectivity index (χ2v) is 11.5. The van der Waals surface area contributed by atoms with Gasteiger partial charge in [-0.1, -0.05) is 56.9 Å². The maximum absolute atomic E-state index is 13.1. The summed E-state index contributed by atoms with van der Waals surface area (Å²) in [6, 6.07) is 12.7. The zero-order valence-electron chi connectivity index (χ0n) is 21.5. The highest BCUT2D eigenvalue weighted by Gasteiger charge is 2.23. The first-order valence-corrected chi connectivity index (χ1v) is 14.8. The molecule has 2 aromatic carbocycles. The predicted molar refractivity (Wildman–Crippen MR) is 147 cm³/mol. The van der Waals surface area contributed by atoms with Gasteiger partial charge in [0, 0.05) is 24.8 Å². The predicted octanol–water partition coefficient (Wildman–Crippen LogP) is 5.83. The maximum atomic E-state index is 13.1. The van der Waals surface area contributed by atoms with Gasteiger partial charge >= 0.3 is 0 Å². The Bertz CT molecular complexity index is 1480. The lowest BCUT2D eigenvalue weighted by Gasteiger charge is -2.22. The molecule has 0 aliphatic heterocycles. The second-order valence-electron chi connectivity index (χ2n) is 9.77. The fourth-order valence-electron chi connectivity index (χ4n) is 4.83. The second kappa shape index (κ2) is 11.6. The molecule has 0 spiro atoms. The molecule has 2 heterocycles. The van der Waals surface area contributed by atoms with Gasteiger partial charge in [-0.05, 0) is 49.1 Å². The zero-order chi connectivity index (χ0) is 26.5. The molecule has 1 saturated carbocycles. The van der Waals surface area contributed by atoms with Crippen LogP contribution in [0.2, 0.25) is 0 Å². The SMILES string of the molecule is CCCCNc1ncc2c(-c3ccc(S(=O)(=O)NCc4ccc(F)cc4)cc3)nn(C3CCCCC3)c2n1. The number of nitrogens with one attached hydrogen (secondary N) is 2. The van der Waals surface area contributed by atoms with Crippen molar-refractivity contribution in [3.63, 3.8) is 0 Å². The van der Waals surface area contributed by atoms with Crippen LogP contribution in [0.5, 0.6) is 0 Å². The number of benzene rings is 2.